The van der Waals surface area contributed by atoms with Crippen molar-refractivity contribution in [1.82, 2.24) is 4.90 Å². The number of carbonyl (C=O) groups is 2. The number of ether oxygens (including phenoxy) is 2. The lowest BCUT2D eigenvalue weighted by molar-refractivity contribution is -0.139. The average Bonchev–Trinajstić information content (AvgIpc) is 2.95. The molecule has 2 amide bonds. The van der Waals surface area contributed by atoms with Gasteiger partial charge in [-0.2, -0.15) is 0 Å². The molecule has 0 aliphatic carbocycles. The standard InChI is InChI=1S/C32H32N2O4/c1-23-9-7-8-12-26(23)22-34(30(35)21-24-10-5-4-6-11-24)31(25-13-17-28(37-2)18-14-25)32(36)33-27-15-19-29(38-3)20-16-27/h4-20,31H,21-22H2,1-3H3,(H,33,36). The molecule has 1 atom stereocenters. The maximum Gasteiger partial charge on any atom is 0.251 e. The van der Waals surface area contributed by atoms with Gasteiger partial charge in [-0.3, -0.25) is 9.59 Å². The highest BCUT2D eigenvalue weighted by atomic mass is 16.5. The van der Waals surface area contributed by atoms with Gasteiger partial charge in [0, 0.05) is 12.2 Å². The van der Waals surface area contributed by atoms with Crippen molar-refractivity contribution >= 4 is 17.5 Å². The summed E-state index contributed by atoms with van der Waals surface area (Å²) in [6.45, 7) is 2.29. The molecule has 4 rings (SSSR count). The van der Waals surface area contributed by atoms with E-state index in [0.29, 0.717) is 22.7 Å². The maximum atomic E-state index is 13.9. The van der Waals surface area contributed by atoms with Crippen molar-refractivity contribution in [3.8, 4) is 11.5 Å². The molecule has 0 fully saturated rings. The van der Waals surface area contributed by atoms with Crippen molar-refractivity contribution in [3.05, 3.63) is 125 Å². The molecule has 0 aliphatic heterocycles. The number of methoxy groups -OCH3 is 2. The summed E-state index contributed by atoms with van der Waals surface area (Å²) in [6.07, 6.45) is 0.176. The smallest absolute Gasteiger partial charge is 0.251 e. The van der Waals surface area contributed by atoms with Crippen LogP contribution in [-0.4, -0.2) is 30.9 Å². The number of carbonyl (C=O) groups excluding carboxylic acids is 2. The first-order valence-corrected chi connectivity index (χ1v) is 12.4. The monoisotopic (exact) mass is 508 g/mol. The Kier molecular flexibility index (Phi) is 8.77. The van der Waals surface area contributed by atoms with Crippen LogP contribution in [0.15, 0.2) is 103 Å². The highest BCUT2D eigenvalue weighted by Gasteiger charge is 2.32. The number of hydrogen-bond acceptors (Lipinski definition) is 4. The molecule has 0 aliphatic rings. The van der Waals surface area contributed by atoms with E-state index in [-0.39, 0.29) is 24.8 Å². The molecular weight excluding hydrogens is 476 g/mol. The minimum atomic E-state index is -0.876. The minimum Gasteiger partial charge on any atom is -0.497 e. The van der Waals surface area contributed by atoms with Gasteiger partial charge in [0.1, 0.15) is 17.5 Å². The topological polar surface area (TPSA) is 67.9 Å². The van der Waals surface area contributed by atoms with Crippen molar-refractivity contribution in [3.63, 3.8) is 0 Å². The van der Waals surface area contributed by atoms with Crippen LogP contribution in [-0.2, 0) is 22.6 Å². The molecule has 1 unspecified atom stereocenters. The largest absolute Gasteiger partial charge is 0.497 e. The van der Waals surface area contributed by atoms with Gasteiger partial charge < -0.3 is 19.7 Å². The lowest BCUT2D eigenvalue weighted by Gasteiger charge is -2.32. The summed E-state index contributed by atoms with van der Waals surface area (Å²) in [5.41, 5.74) is 4.21. The third kappa shape index (κ3) is 6.59. The van der Waals surface area contributed by atoms with E-state index in [4.69, 9.17) is 9.47 Å². The Balaban J connectivity index is 1.75. The normalized spacial score (nSPS) is 11.3. The lowest BCUT2D eigenvalue weighted by Crippen LogP contribution is -2.41. The van der Waals surface area contributed by atoms with Crippen molar-refractivity contribution in [2.75, 3.05) is 19.5 Å². The second-order valence-electron chi connectivity index (χ2n) is 9.00. The minimum absolute atomic E-state index is 0.148. The van der Waals surface area contributed by atoms with Crippen LogP contribution in [0.5, 0.6) is 11.5 Å². The van der Waals surface area contributed by atoms with Crippen LogP contribution < -0.4 is 14.8 Å². The summed E-state index contributed by atoms with van der Waals surface area (Å²) in [5, 5.41) is 3.00. The molecule has 0 aromatic heterocycles. The zero-order chi connectivity index (χ0) is 26.9. The molecule has 6 nitrogen and oxygen atoms in total. The van der Waals surface area contributed by atoms with Crippen LogP contribution in [0.25, 0.3) is 0 Å². The molecule has 0 bridgehead atoms. The van der Waals surface area contributed by atoms with Crippen molar-refractivity contribution < 1.29 is 19.1 Å². The predicted molar refractivity (Wildman–Crippen MR) is 149 cm³/mol. The first-order valence-electron chi connectivity index (χ1n) is 12.4. The molecule has 0 spiro atoms. The van der Waals surface area contributed by atoms with Crippen molar-refractivity contribution in [2.24, 2.45) is 0 Å². The Morgan fingerprint density at radius 1 is 0.763 bits per heavy atom. The van der Waals surface area contributed by atoms with Crippen molar-refractivity contribution in [2.45, 2.75) is 25.9 Å². The molecule has 194 valence electrons. The van der Waals surface area contributed by atoms with Crippen LogP contribution in [0.2, 0.25) is 0 Å². The highest BCUT2D eigenvalue weighted by Crippen LogP contribution is 2.29. The molecule has 6 heteroatoms. The molecular formula is C32H32N2O4. The number of aryl methyl sites for hydroxylation is 1. The number of benzene rings is 4. The zero-order valence-electron chi connectivity index (χ0n) is 21.9. The summed E-state index contributed by atoms with van der Waals surface area (Å²) in [4.78, 5) is 29.5. The third-order valence-electron chi connectivity index (χ3n) is 6.47. The summed E-state index contributed by atoms with van der Waals surface area (Å²) >= 11 is 0. The van der Waals surface area contributed by atoms with E-state index in [1.165, 1.54) is 0 Å². The SMILES string of the molecule is COc1ccc(NC(=O)C(c2ccc(OC)cc2)N(Cc2ccccc2C)C(=O)Cc2ccccc2)cc1. The molecule has 1 N–H and O–H groups in total. The number of hydrogen-bond donors (Lipinski definition) is 1. The molecule has 0 radical (unpaired) electrons. The molecule has 0 saturated heterocycles. The fraction of sp³-hybridized carbons (Fsp3) is 0.188. The van der Waals surface area contributed by atoms with E-state index < -0.39 is 6.04 Å². The van der Waals surface area contributed by atoms with Gasteiger partial charge in [-0.1, -0.05) is 66.7 Å². The maximum absolute atomic E-state index is 13.9. The average molecular weight is 509 g/mol. The van der Waals surface area contributed by atoms with Gasteiger partial charge in [0.05, 0.1) is 20.6 Å². The Morgan fingerprint density at radius 3 is 1.95 bits per heavy atom. The van der Waals surface area contributed by atoms with E-state index in [2.05, 4.69) is 5.32 Å². The zero-order valence-corrected chi connectivity index (χ0v) is 21.9. The van der Waals surface area contributed by atoms with Gasteiger partial charge >= 0.3 is 0 Å². The predicted octanol–water partition coefficient (Wildman–Crippen LogP) is 5.96. The van der Waals surface area contributed by atoms with E-state index in [1.807, 2.05) is 73.7 Å². The van der Waals surface area contributed by atoms with Gasteiger partial charge in [0.15, 0.2) is 0 Å². The number of amides is 2. The molecule has 4 aromatic carbocycles. The summed E-state index contributed by atoms with van der Waals surface area (Å²) in [7, 11) is 3.19. The molecule has 4 aromatic rings. The molecule has 0 heterocycles. The number of nitrogens with one attached hydrogen (secondary N) is 1. The fourth-order valence-electron chi connectivity index (χ4n) is 4.31. The number of rotatable bonds is 10. The lowest BCUT2D eigenvalue weighted by atomic mass is 10.00. The number of anilines is 1. The molecule has 38 heavy (non-hydrogen) atoms. The summed E-state index contributed by atoms with van der Waals surface area (Å²) in [6, 6.07) is 31.0. The van der Waals surface area contributed by atoms with Crippen LogP contribution in [0.3, 0.4) is 0 Å². The van der Waals surface area contributed by atoms with E-state index in [0.717, 1.165) is 16.7 Å². The van der Waals surface area contributed by atoms with Crippen molar-refractivity contribution in [1.29, 1.82) is 0 Å². The Morgan fingerprint density at radius 2 is 1.34 bits per heavy atom. The highest BCUT2D eigenvalue weighted by molar-refractivity contribution is 5.98. The Labute approximate surface area is 223 Å². The second-order valence-corrected chi connectivity index (χ2v) is 9.00. The number of nitrogens with zero attached hydrogens (tertiary/aromatic N) is 1. The first kappa shape index (κ1) is 26.5. The van der Waals surface area contributed by atoms with Crippen LogP contribution >= 0.6 is 0 Å². The Hall–Kier alpha value is -4.58. The fourth-order valence-corrected chi connectivity index (χ4v) is 4.31. The first-order chi connectivity index (χ1) is 18.5. The second kappa shape index (κ2) is 12.6. The quantitative estimate of drug-likeness (QED) is 0.287. The van der Waals surface area contributed by atoms with E-state index in [1.54, 1.807) is 55.5 Å². The van der Waals surface area contributed by atoms with Gasteiger partial charge in [0.25, 0.3) is 5.91 Å². The summed E-state index contributed by atoms with van der Waals surface area (Å²) < 4.78 is 10.6. The van der Waals surface area contributed by atoms with E-state index in [9.17, 15) is 9.59 Å². The van der Waals surface area contributed by atoms with Gasteiger partial charge in [-0.25, -0.2) is 0 Å². The van der Waals surface area contributed by atoms with Gasteiger partial charge in [0.2, 0.25) is 5.91 Å². The summed E-state index contributed by atoms with van der Waals surface area (Å²) in [5.74, 6) is 0.901. The third-order valence-corrected chi connectivity index (χ3v) is 6.47. The Bertz CT molecular complexity index is 1350. The van der Waals surface area contributed by atoms with E-state index >= 15 is 0 Å². The van der Waals surface area contributed by atoms with Crippen LogP contribution in [0.1, 0.15) is 28.3 Å². The molecule has 0 saturated carbocycles. The van der Waals surface area contributed by atoms with Gasteiger partial charge in [-0.15, -0.1) is 0 Å². The van der Waals surface area contributed by atoms with Crippen LogP contribution in [0.4, 0.5) is 5.69 Å². The van der Waals surface area contributed by atoms with Crippen LogP contribution in [0, 0.1) is 6.92 Å². The van der Waals surface area contributed by atoms with Gasteiger partial charge in [-0.05, 0) is 65.6 Å².